The van der Waals surface area contributed by atoms with Crippen LogP contribution in [0.1, 0.15) is 17.9 Å². The first-order valence-corrected chi connectivity index (χ1v) is 6.68. The summed E-state index contributed by atoms with van der Waals surface area (Å²) in [6.07, 6.45) is 1.53. The monoisotopic (exact) mass is 318 g/mol. The molecule has 82 valence electrons. The molecule has 0 amide bonds. The number of alkyl halides is 1. The molecule has 3 heteroatoms. The fourth-order valence-electron chi connectivity index (χ4n) is 2.03. The fraction of sp³-hybridized carbons (Fsp3) is 0.500. The van der Waals surface area contributed by atoms with Gasteiger partial charge in [0.2, 0.25) is 0 Å². The zero-order valence-electron chi connectivity index (χ0n) is 8.78. The molecule has 0 saturated carbocycles. The van der Waals surface area contributed by atoms with Gasteiger partial charge in [-0.2, -0.15) is 0 Å². The van der Waals surface area contributed by atoms with Gasteiger partial charge in [-0.05, 0) is 18.1 Å². The van der Waals surface area contributed by atoms with E-state index in [1.54, 1.807) is 7.11 Å². The number of halogens is 1. The molecule has 2 rings (SSSR count). The average Bonchev–Trinajstić information content (AvgIpc) is 2.77. The molecule has 0 bridgehead atoms. The molecule has 2 nitrogen and oxygen atoms in total. The predicted molar refractivity (Wildman–Crippen MR) is 69.0 cm³/mol. The Morgan fingerprint density at radius 2 is 2.27 bits per heavy atom. The van der Waals surface area contributed by atoms with Crippen molar-refractivity contribution in [1.82, 2.24) is 0 Å². The molecule has 0 radical (unpaired) electrons. The first kappa shape index (κ1) is 11.2. The van der Waals surface area contributed by atoms with Crippen LogP contribution < -0.4 is 4.74 Å². The van der Waals surface area contributed by atoms with Crippen LogP contribution in [0.5, 0.6) is 5.75 Å². The third-order valence-electron chi connectivity index (χ3n) is 2.83. The quantitative estimate of drug-likeness (QED) is 0.630. The Kier molecular flexibility index (Phi) is 3.86. The highest BCUT2D eigenvalue weighted by Gasteiger charge is 2.27. The van der Waals surface area contributed by atoms with Gasteiger partial charge in [0.05, 0.1) is 19.8 Å². The van der Waals surface area contributed by atoms with Crippen LogP contribution >= 0.6 is 22.6 Å². The number of ether oxygens (including phenoxy) is 2. The molecule has 1 aromatic rings. The average molecular weight is 318 g/mol. The Hall–Kier alpha value is -0.290. The van der Waals surface area contributed by atoms with Crippen molar-refractivity contribution in [3.8, 4) is 5.75 Å². The van der Waals surface area contributed by atoms with Crippen molar-refractivity contribution in [3.63, 3.8) is 0 Å². The summed E-state index contributed by atoms with van der Waals surface area (Å²) in [5, 5.41) is 0. The van der Waals surface area contributed by atoms with Crippen molar-refractivity contribution in [2.75, 3.05) is 18.1 Å². The fourth-order valence-corrected chi connectivity index (χ4v) is 2.65. The molecule has 1 aromatic carbocycles. The SMILES string of the molecule is COc1ccccc1C1COC(CI)C1. The summed E-state index contributed by atoms with van der Waals surface area (Å²) in [4.78, 5) is 0. The van der Waals surface area contributed by atoms with E-state index >= 15 is 0 Å². The molecule has 0 aliphatic carbocycles. The van der Waals surface area contributed by atoms with Crippen LogP contribution in [-0.2, 0) is 4.74 Å². The van der Waals surface area contributed by atoms with Crippen molar-refractivity contribution in [3.05, 3.63) is 29.8 Å². The van der Waals surface area contributed by atoms with Gasteiger partial charge in [0.15, 0.2) is 0 Å². The van der Waals surface area contributed by atoms with Gasteiger partial charge in [-0.15, -0.1) is 0 Å². The van der Waals surface area contributed by atoms with E-state index in [-0.39, 0.29) is 0 Å². The smallest absolute Gasteiger partial charge is 0.122 e. The highest BCUT2D eigenvalue weighted by molar-refractivity contribution is 14.1. The van der Waals surface area contributed by atoms with Gasteiger partial charge in [0.25, 0.3) is 0 Å². The summed E-state index contributed by atoms with van der Waals surface area (Å²) in [5.74, 6) is 1.49. The number of para-hydroxylation sites is 1. The number of hydrogen-bond acceptors (Lipinski definition) is 2. The van der Waals surface area contributed by atoms with Gasteiger partial charge in [-0.1, -0.05) is 40.8 Å². The number of benzene rings is 1. The summed E-state index contributed by atoms with van der Waals surface area (Å²) in [5.41, 5.74) is 1.28. The number of rotatable bonds is 3. The van der Waals surface area contributed by atoms with Gasteiger partial charge < -0.3 is 9.47 Å². The molecule has 0 N–H and O–H groups in total. The maximum Gasteiger partial charge on any atom is 0.122 e. The topological polar surface area (TPSA) is 18.5 Å². The molecule has 1 fully saturated rings. The van der Waals surface area contributed by atoms with E-state index in [2.05, 4.69) is 34.7 Å². The molecule has 1 aliphatic heterocycles. The Morgan fingerprint density at radius 3 is 2.93 bits per heavy atom. The minimum absolute atomic E-state index is 0.417. The minimum atomic E-state index is 0.417. The highest BCUT2D eigenvalue weighted by atomic mass is 127. The van der Waals surface area contributed by atoms with E-state index in [1.165, 1.54) is 5.56 Å². The highest BCUT2D eigenvalue weighted by Crippen LogP contribution is 2.35. The van der Waals surface area contributed by atoms with Gasteiger partial charge in [0.1, 0.15) is 5.75 Å². The van der Waals surface area contributed by atoms with Crippen molar-refractivity contribution in [2.45, 2.75) is 18.4 Å². The summed E-state index contributed by atoms with van der Waals surface area (Å²) in [7, 11) is 1.73. The predicted octanol–water partition coefficient (Wildman–Crippen LogP) is 3.00. The minimum Gasteiger partial charge on any atom is -0.496 e. The second kappa shape index (κ2) is 5.16. The van der Waals surface area contributed by atoms with Crippen molar-refractivity contribution >= 4 is 22.6 Å². The molecule has 0 spiro atoms. The van der Waals surface area contributed by atoms with E-state index in [0.29, 0.717) is 12.0 Å². The van der Waals surface area contributed by atoms with Gasteiger partial charge in [0, 0.05) is 10.3 Å². The summed E-state index contributed by atoms with van der Waals surface area (Å²) in [6, 6.07) is 8.23. The molecule has 1 heterocycles. The van der Waals surface area contributed by atoms with E-state index in [0.717, 1.165) is 23.2 Å². The Balaban J connectivity index is 2.16. The first-order chi connectivity index (χ1) is 7.35. The summed E-state index contributed by atoms with van der Waals surface area (Å²) >= 11 is 2.38. The van der Waals surface area contributed by atoms with E-state index in [4.69, 9.17) is 9.47 Å². The van der Waals surface area contributed by atoms with Crippen LogP contribution in [0.3, 0.4) is 0 Å². The lowest BCUT2D eigenvalue weighted by Crippen LogP contribution is -2.05. The molecule has 1 aliphatic rings. The van der Waals surface area contributed by atoms with Gasteiger partial charge in [-0.3, -0.25) is 0 Å². The third kappa shape index (κ3) is 2.45. The van der Waals surface area contributed by atoms with Crippen LogP contribution in [0.25, 0.3) is 0 Å². The van der Waals surface area contributed by atoms with Crippen molar-refractivity contribution < 1.29 is 9.47 Å². The van der Waals surface area contributed by atoms with Crippen LogP contribution in [0.4, 0.5) is 0 Å². The third-order valence-corrected chi connectivity index (χ3v) is 3.81. The zero-order valence-corrected chi connectivity index (χ0v) is 10.9. The van der Waals surface area contributed by atoms with E-state index in [1.807, 2.05) is 12.1 Å². The molecule has 2 atom stereocenters. The van der Waals surface area contributed by atoms with Crippen LogP contribution in [0, 0.1) is 0 Å². The Morgan fingerprint density at radius 1 is 1.47 bits per heavy atom. The lowest BCUT2D eigenvalue weighted by atomic mass is 9.96. The standard InChI is InChI=1S/C12H15IO2/c1-14-12-5-3-2-4-11(12)9-6-10(7-13)15-8-9/h2-5,9-10H,6-8H2,1H3. The van der Waals surface area contributed by atoms with Crippen molar-refractivity contribution in [2.24, 2.45) is 0 Å². The normalized spacial score (nSPS) is 25.5. The maximum absolute atomic E-state index is 5.71. The van der Waals surface area contributed by atoms with Gasteiger partial charge in [-0.25, -0.2) is 0 Å². The summed E-state index contributed by atoms with van der Waals surface area (Å²) < 4.78 is 12.1. The molecule has 1 saturated heterocycles. The zero-order chi connectivity index (χ0) is 10.7. The number of hydrogen-bond donors (Lipinski definition) is 0. The first-order valence-electron chi connectivity index (χ1n) is 5.15. The van der Waals surface area contributed by atoms with Crippen LogP contribution in [0.2, 0.25) is 0 Å². The second-order valence-corrected chi connectivity index (χ2v) is 4.67. The lowest BCUT2D eigenvalue weighted by molar-refractivity contribution is 0.129. The van der Waals surface area contributed by atoms with Gasteiger partial charge >= 0.3 is 0 Å². The van der Waals surface area contributed by atoms with E-state index in [9.17, 15) is 0 Å². The second-order valence-electron chi connectivity index (χ2n) is 3.78. The maximum atomic E-state index is 5.71. The Bertz CT molecular complexity index is 327. The molecule has 15 heavy (non-hydrogen) atoms. The molecular formula is C12H15IO2. The van der Waals surface area contributed by atoms with E-state index < -0.39 is 0 Å². The van der Waals surface area contributed by atoms with Crippen LogP contribution in [-0.4, -0.2) is 24.2 Å². The largest absolute Gasteiger partial charge is 0.496 e. The molecule has 0 aromatic heterocycles. The summed E-state index contributed by atoms with van der Waals surface area (Å²) in [6.45, 7) is 0.827. The number of methoxy groups -OCH3 is 1. The lowest BCUT2D eigenvalue weighted by Gasteiger charge is -2.12. The molecule has 2 unspecified atom stereocenters. The van der Waals surface area contributed by atoms with Crippen molar-refractivity contribution in [1.29, 1.82) is 0 Å². The van der Waals surface area contributed by atoms with Crippen LogP contribution in [0.15, 0.2) is 24.3 Å². The Labute approximate surface area is 104 Å². The molecular weight excluding hydrogens is 303 g/mol.